The molecule has 0 fully saturated rings. The van der Waals surface area contributed by atoms with Gasteiger partial charge in [-0.05, 0) is 45.9 Å². The number of rotatable bonds is 0. The quantitative estimate of drug-likeness (QED) is 0.319. The van der Waals surface area contributed by atoms with Crippen molar-refractivity contribution in [3.8, 4) is 23.0 Å². The van der Waals surface area contributed by atoms with Crippen molar-refractivity contribution >= 4 is 0 Å². The molecule has 0 unspecified atom stereocenters. The van der Waals surface area contributed by atoms with E-state index in [9.17, 15) is 20.4 Å². The SMILES string of the molecule is CC(C)(C)c1cc(O)cc(C(C)(C)C)c1O.CC(C)(C)c1cc(O)cc(C(C)(C)C)c1O. The van der Waals surface area contributed by atoms with Crippen LogP contribution in [0.5, 0.6) is 23.0 Å². The first-order valence-corrected chi connectivity index (χ1v) is 11.2. The summed E-state index contributed by atoms with van der Waals surface area (Å²) in [4.78, 5) is 0. The summed E-state index contributed by atoms with van der Waals surface area (Å²) in [6.45, 7) is 24.3. The Bertz CT molecular complexity index is 794. The van der Waals surface area contributed by atoms with Crippen LogP contribution in [0.25, 0.3) is 0 Å². The van der Waals surface area contributed by atoms with Crippen molar-refractivity contribution in [2.45, 2.75) is 105 Å². The standard InChI is InChI=1S/2C14H22O2/c2*1-13(2,3)10-7-9(15)8-11(12(10)16)14(4,5)6/h2*7-8,15-16H,1-6H3. The summed E-state index contributed by atoms with van der Waals surface area (Å²) in [5, 5.41) is 40.0. The van der Waals surface area contributed by atoms with Crippen molar-refractivity contribution in [3.05, 3.63) is 46.5 Å². The Balaban J connectivity index is 0.000000320. The topological polar surface area (TPSA) is 80.9 Å². The molecule has 0 aliphatic heterocycles. The van der Waals surface area contributed by atoms with Gasteiger partial charge >= 0.3 is 0 Å². The second-order valence-corrected chi connectivity index (χ2v) is 12.8. The Kier molecular flexibility index (Phi) is 7.68. The van der Waals surface area contributed by atoms with E-state index >= 15 is 0 Å². The van der Waals surface area contributed by atoms with Gasteiger partial charge in [0, 0.05) is 22.3 Å². The maximum atomic E-state index is 10.3. The number of hydrogen-bond donors (Lipinski definition) is 4. The average Bonchev–Trinajstić information content (AvgIpc) is 2.55. The lowest BCUT2D eigenvalue weighted by Gasteiger charge is -2.27. The molecule has 4 N–H and O–H groups in total. The molecule has 0 aliphatic rings. The van der Waals surface area contributed by atoms with Crippen LogP contribution in [0.3, 0.4) is 0 Å². The fourth-order valence-electron chi connectivity index (χ4n) is 3.53. The lowest BCUT2D eigenvalue weighted by molar-refractivity contribution is 0.412. The van der Waals surface area contributed by atoms with Crippen LogP contribution in [0.15, 0.2) is 24.3 Å². The van der Waals surface area contributed by atoms with Gasteiger partial charge in [0.1, 0.15) is 23.0 Å². The van der Waals surface area contributed by atoms with Gasteiger partial charge in [-0.3, -0.25) is 0 Å². The highest BCUT2D eigenvalue weighted by Crippen LogP contribution is 2.42. The number of phenolic OH excluding ortho intramolecular Hbond substituents is 4. The minimum Gasteiger partial charge on any atom is -0.508 e. The van der Waals surface area contributed by atoms with Gasteiger partial charge in [0.2, 0.25) is 0 Å². The Labute approximate surface area is 195 Å². The highest BCUT2D eigenvalue weighted by atomic mass is 16.3. The zero-order valence-electron chi connectivity index (χ0n) is 22.1. The molecule has 0 spiro atoms. The average molecular weight is 445 g/mol. The van der Waals surface area contributed by atoms with Crippen LogP contribution < -0.4 is 0 Å². The van der Waals surface area contributed by atoms with Gasteiger partial charge in [-0.1, -0.05) is 83.1 Å². The molecule has 2 rings (SSSR count). The minimum absolute atomic E-state index is 0.178. The zero-order valence-corrected chi connectivity index (χ0v) is 22.1. The summed E-state index contributed by atoms with van der Waals surface area (Å²) in [6.07, 6.45) is 0. The predicted molar refractivity (Wildman–Crippen MR) is 134 cm³/mol. The third-order valence-electron chi connectivity index (χ3n) is 5.42. The second kappa shape index (κ2) is 8.88. The fourth-order valence-corrected chi connectivity index (χ4v) is 3.53. The Morgan fingerprint density at radius 1 is 0.375 bits per heavy atom. The van der Waals surface area contributed by atoms with E-state index in [-0.39, 0.29) is 33.2 Å². The molecule has 4 nitrogen and oxygen atoms in total. The van der Waals surface area contributed by atoms with Gasteiger partial charge in [0.25, 0.3) is 0 Å². The molecule has 0 aromatic heterocycles. The molecule has 0 aliphatic carbocycles. The van der Waals surface area contributed by atoms with E-state index in [1.807, 2.05) is 83.1 Å². The first kappa shape index (κ1) is 27.7. The van der Waals surface area contributed by atoms with Crippen molar-refractivity contribution in [1.82, 2.24) is 0 Å². The Morgan fingerprint density at radius 2 is 0.531 bits per heavy atom. The highest BCUT2D eigenvalue weighted by molar-refractivity contribution is 5.52. The number of phenols is 4. The van der Waals surface area contributed by atoms with E-state index in [0.717, 1.165) is 22.3 Å². The van der Waals surface area contributed by atoms with Crippen LogP contribution in [0.1, 0.15) is 105 Å². The maximum Gasteiger partial charge on any atom is 0.123 e. The largest absolute Gasteiger partial charge is 0.508 e. The van der Waals surface area contributed by atoms with Crippen LogP contribution >= 0.6 is 0 Å². The van der Waals surface area contributed by atoms with Gasteiger partial charge in [-0.15, -0.1) is 0 Å². The van der Waals surface area contributed by atoms with Crippen molar-refractivity contribution < 1.29 is 20.4 Å². The molecular weight excluding hydrogens is 400 g/mol. The van der Waals surface area contributed by atoms with E-state index in [2.05, 4.69) is 0 Å². The summed E-state index contributed by atoms with van der Waals surface area (Å²) in [6, 6.07) is 6.57. The molecule has 0 amide bonds. The minimum atomic E-state index is -0.178. The first-order chi connectivity index (χ1) is 14.1. The van der Waals surface area contributed by atoms with Crippen LogP contribution in [-0.4, -0.2) is 20.4 Å². The molecule has 0 atom stereocenters. The lowest BCUT2D eigenvalue weighted by Crippen LogP contribution is -2.16. The van der Waals surface area contributed by atoms with Crippen molar-refractivity contribution in [1.29, 1.82) is 0 Å². The van der Waals surface area contributed by atoms with Crippen LogP contribution in [0.2, 0.25) is 0 Å². The lowest BCUT2D eigenvalue weighted by atomic mass is 9.79. The van der Waals surface area contributed by atoms with E-state index in [1.54, 1.807) is 24.3 Å². The molecule has 0 bridgehead atoms. The molecule has 0 heterocycles. The first-order valence-electron chi connectivity index (χ1n) is 11.2. The van der Waals surface area contributed by atoms with Crippen LogP contribution in [-0.2, 0) is 21.7 Å². The van der Waals surface area contributed by atoms with Crippen LogP contribution in [0.4, 0.5) is 0 Å². The summed E-state index contributed by atoms with van der Waals surface area (Å²) in [5.41, 5.74) is 2.45. The summed E-state index contributed by atoms with van der Waals surface area (Å²) in [5.74, 6) is 1.04. The summed E-state index contributed by atoms with van der Waals surface area (Å²) >= 11 is 0. The van der Waals surface area contributed by atoms with Crippen molar-refractivity contribution in [3.63, 3.8) is 0 Å². The summed E-state index contributed by atoms with van der Waals surface area (Å²) < 4.78 is 0. The van der Waals surface area contributed by atoms with Crippen LogP contribution in [0, 0.1) is 0 Å². The second-order valence-electron chi connectivity index (χ2n) is 12.8. The zero-order chi connectivity index (χ0) is 25.4. The molecule has 2 aromatic rings. The summed E-state index contributed by atoms with van der Waals surface area (Å²) in [7, 11) is 0. The molecule has 0 saturated carbocycles. The van der Waals surface area contributed by atoms with E-state index in [0.29, 0.717) is 11.5 Å². The number of aromatic hydroxyl groups is 4. The van der Waals surface area contributed by atoms with Gasteiger partial charge in [0.05, 0.1) is 0 Å². The molecule has 0 saturated heterocycles. The number of benzene rings is 2. The predicted octanol–water partition coefficient (Wildman–Crippen LogP) is 7.39. The Hall–Kier alpha value is -2.36. The third kappa shape index (κ3) is 6.82. The monoisotopic (exact) mass is 444 g/mol. The van der Waals surface area contributed by atoms with Gasteiger partial charge in [-0.2, -0.15) is 0 Å². The molecule has 0 radical (unpaired) electrons. The highest BCUT2D eigenvalue weighted by Gasteiger charge is 2.27. The Morgan fingerprint density at radius 3 is 0.656 bits per heavy atom. The van der Waals surface area contributed by atoms with Gasteiger partial charge in [0.15, 0.2) is 0 Å². The van der Waals surface area contributed by atoms with E-state index < -0.39 is 0 Å². The van der Waals surface area contributed by atoms with Gasteiger partial charge in [-0.25, -0.2) is 0 Å². The fraction of sp³-hybridized carbons (Fsp3) is 0.571. The third-order valence-corrected chi connectivity index (χ3v) is 5.42. The normalized spacial score (nSPS) is 12.9. The molecule has 2 aromatic carbocycles. The molecular formula is C28H44O4. The maximum absolute atomic E-state index is 10.3. The molecule has 32 heavy (non-hydrogen) atoms. The van der Waals surface area contributed by atoms with Gasteiger partial charge < -0.3 is 20.4 Å². The van der Waals surface area contributed by atoms with E-state index in [4.69, 9.17) is 0 Å². The number of hydrogen-bond acceptors (Lipinski definition) is 4. The van der Waals surface area contributed by atoms with Crippen molar-refractivity contribution in [2.75, 3.05) is 0 Å². The molecule has 180 valence electrons. The van der Waals surface area contributed by atoms with E-state index in [1.165, 1.54) is 0 Å². The van der Waals surface area contributed by atoms with Crippen molar-refractivity contribution in [2.24, 2.45) is 0 Å². The molecule has 4 heteroatoms. The smallest absolute Gasteiger partial charge is 0.123 e.